The molecule has 2 saturated carbocycles. The second-order valence-electron chi connectivity index (χ2n) is 5.55. The highest BCUT2D eigenvalue weighted by Gasteiger charge is 2.40. The van der Waals surface area contributed by atoms with E-state index < -0.39 is 0 Å². The highest BCUT2D eigenvalue weighted by Crippen LogP contribution is 2.36. The predicted molar refractivity (Wildman–Crippen MR) is 67.5 cm³/mol. The zero-order chi connectivity index (χ0) is 11.8. The monoisotopic (exact) mass is 224 g/mol. The van der Waals surface area contributed by atoms with Crippen molar-refractivity contribution in [3.63, 3.8) is 0 Å². The van der Waals surface area contributed by atoms with Gasteiger partial charge in [0.05, 0.1) is 6.04 Å². The molecule has 0 aliphatic heterocycles. The molecule has 0 bridgehead atoms. The Kier molecular flexibility index (Phi) is 3.10. The van der Waals surface area contributed by atoms with Gasteiger partial charge in [0.1, 0.15) is 0 Å². The summed E-state index contributed by atoms with van der Waals surface area (Å²) in [6.07, 6.45) is 6.33. The van der Waals surface area contributed by atoms with Crippen molar-refractivity contribution >= 4 is 5.96 Å². The fraction of sp³-hybridized carbons (Fsp3) is 0.917. The van der Waals surface area contributed by atoms with Crippen LogP contribution < -0.4 is 5.73 Å². The zero-order valence-electron chi connectivity index (χ0n) is 10.7. The maximum absolute atomic E-state index is 6.00. The van der Waals surface area contributed by atoms with E-state index in [2.05, 4.69) is 35.9 Å². The average Bonchev–Trinajstić information content (AvgIpc) is 2.93. The maximum Gasteiger partial charge on any atom is 0.191 e. The largest absolute Gasteiger partial charge is 0.370 e. The fourth-order valence-electron chi connectivity index (χ4n) is 2.34. The third kappa shape index (κ3) is 2.32. The number of aliphatic imine (C=N–C) groups is 1. The molecule has 0 spiro atoms. The van der Waals surface area contributed by atoms with E-state index in [-0.39, 0.29) is 0 Å². The number of nitrogens with zero attached hydrogens (tertiary/aromatic N) is 3. The molecule has 2 aliphatic rings. The standard InChI is InChI=1S/C12H24N4/c1-15(2)12(7-4-8-12)9-16(3)11(13)14-10-5-6-10/h10H,4-9H2,1-3H3,(H2,13,14). The van der Waals surface area contributed by atoms with Gasteiger partial charge in [0, 0.05) is 19.1 Å². The van der Waals surface area contributed by atoms with Gasteiger partial charge in [-0.1, -0.05) is 0 Å². The van der Waals surface area contributed by atoms with E-state index in [0.717, 1.165) is 12.5 Å². The van der Waals surface area contributed by atoms with Crippen molar-refractivity contribution in [1.82, 2.24) is 9.80 Å². The van der Waals surface area contributed by atoms with Crippen LogP contribution in [0.15, 0.2) is 4.99 Å². The fourth-order valence-corrected chi connectivity index (χ4v) is 2.34. The van der Waals surface area contributed by atoms with Gasteiger partial charge >= 0.3 is 0 Å². The summed E-state index contributed by atoms with van der Waals surface area (Å²) in [6.45, 7) is 1.00. The van der Waals surface area contributed by atoms with Gasteiger partial charge < -0.3 is 15.5 Å². The predicted octanol–water partition coefficient (Wildman–Crippen LogP) is 0.880. The lowest BCUT2D eigenvalue weighted by Crippen LogP contribution is -2.58. The summed E-state index contributed by atoms with van der Waals surface area (Å²) in [5, 5.41) is 0. The summed E-state index contributed by atoms with van der Waals surface area (Å²) in [4.78, 5) is 8.96. The van der Waals surface area contributed by atoms with E-state index in [1.54, 1.807) is 0 Å². The molecule has 0 aromatic heterocycles. The average molecular weight is 224 g/mol. The number of nitrogens with two attached hydrogens (primary N) is 1. The minimum atomic E-state index is 0.332. The third-order valence-corrected chi connectivity index (χ3v) is 4.02. The molecule has 92 valence electrons. The molecule has 0 aromatic carbocycles. The van der Waals surface area contributed by atoms with Crippen LogP contribution >= 0.6 is 0 Å². The van der Waals surface area contributed by atoms with Gasteiger partial charge in [-0.25, -0.2) is 4.99 Å². The normalized spacial score (nSPS) is 24.4. The topological polar surface area (TPSA) is 44.9 Å². The minimum absolute atomic E-state index is 0.332. The van der Waals surface area contributed by atoms with Crippen molar-refractivity contribution in [2.24, 2.45) is 10.7 Å². The van der Waals surface area contributed by atoms with Crippen molar-refractivity contribution in [3.05, 3.63) is 0 Å². The molecule has 2 aliphatic carbocycles. The van der Waals surface area contributed by atoms with Crippen LogP contribution in [0.1, 0.15) is 32.1 Å². The molecule has 0 heterocycles. The van der Waals surface area contributed by atoms with E-state index in [4.69, 9.17) is 5.73 Å². The van der Waals surface area contributed by atoms with Crippen LogP contribution in [0.2, 0.25) is 0 Å². The molecule has 4 heteroatoms. The minimum Gasteiger partial charge on any atom is -0.370 e. The van der Waals surface area contributed by atoms with Crippen LogP contribution in [0.5, 0.6) is 0 Å². The number of rotatable bonds is 4. The Morgan fingerprint density at radius 2 is 1.94 bits per heavy atom. The van der Waals surface area contributed by atoms with E-state index in [0.29, 0.717) is 11.6 Å². The Balaban J connectivity index is 1.92. The number of hydrogen-bond acceptors (Lipinski definition) is 2. The molecule has 16 heavy (non-hydrogen) atoms. The van der Waals surface area contributed by atoms with Gasteiger partial charge in [0.25, 0.3) is 0 Å². The van der Waals surface area contributed by atoms with Crippen molar-refractivity contribution in [1.29, 1.82) is 0 Å². The van der Waals surface area contributed by atoms with Gasteiger partial charge in [-0.15, -0.1) is 0 Å². The van der Waals surface area contributed by atoms with Crippen LogP contribution in [-0.2, 0) is 0 Å². The molecule has 0 aromatic rings. The molecule has 0 saturated heterocycles. The lowest BCUT2D eigenvalue weighted by atomic mass is 9.75. The molecular weight excluding hydrogens is 200 g/mol. The molecule has 0 amide bonds. The number of guanidine groups is 1. The van der Waals surface area contributed by atoms with Gasteiger partial charge in [-0.05, 0) is 46.2 Å². The molecular formula is C12H24N4. The van der Waals surface area contributed by atoms with E-state index in [9.17, 15) is 0 Å². The van der Waals surface area contributed by atoms with Crippen LogP contribution in [0.3, 0.4) is 0 Å². The molecule has 0 radical (unpaired) electrons. The smallest absolute Gasteiger partial charge is 0.191 e. The summed E-state index contributed by atoms with van der Waals surface area (Å²) in [5.41, 5.74) is 6.33. The summed E-state index contributed by atoms with van der Waals surface area (Å²) in [6, 6.07) is 0.513. The highest BCUT2D eigenvalue weighted by molar-refractivity contribution is 5.78. The molecule has 2 N–H and O–H groups in total. The Hall–Kier alpha value is -0.770. The van der Waals surface area contributed by atoms with Crippen LogP contribution in [0, 0.1) is 0 Å². The SMILES string of the molecule is CN(CC1(N(C)C)CCC1)C(N)=NC1CC1. The lowest BCUT2D eigenvalue weighted by molar-refractivity contribution is 0.0427. The van der Waals surface area contributed by atoms with Crippen LogP contribution in [0.4, 0.5) is 0 Å². The quantitative estimate of drug-likeness (QED) is 0.569. The van der Waals surface area contributed by atoms with Crippen molar-refractivity contribution in [2.75, 3.05) is 27.7 Å². The molecule has 4 nitrogen and oxygen atoms in total. The Morgan fingerprint density at radius 1 is 1.31 bits per heavy atom. The van der Waals surface area contributed by atoms with E-state index in [1.165, 1.54) is 32.1 Å². The van der Waals surface area contributed by atoms with Crippen molar-refractivity contribution < 1.29 is 0 Å². The summed E-state index contributed by atoms with van der Waals surface area (Å²) >= 11 is 0. The maximum atomic E-state index is 6.00. The molecule has 0 atom stereocenters. The van der Waals surface area contributed by atoms with Gasteiger partial charge in [-0.3, -0.25) is 0 Å². The van der Waals surface area contributed by atoms with Gasteiger partial charge in [0.15, 0.2) is 5.96 Å². The van der Waals surface area contributed by atoms with Gasteiger partial charge in [0.2, 0.25) is 0 Å². The van der Waals surface area contributed by atoms with Crippen molar-refractivity contribution in [3.8, 4) is 0 Å². The second kappa shape index (κ2) is 4.24. The molecule has 0 unspecified atom stereocenters. The summed E-state index contributed by atoms with van der Waals surface area (Å²) < 4.78 is 0. The second-order valence-corrected chi connectivity index (χ2v) is 5.55. The molecule has 2 fully saturated rings. The Bertz CT molecular complexity index is 277. The first-order valence-corrected chi connectivity index (χ1v) is 6.25. The van der Waals surface area contributed by atoms with Crippen molar-refractivity contribution in [2.45, 2.75) is 43.7 Å². The summed E-state index contributed by atoms with van der Waals surface area (Å²) in [7, 11) is 6.40. The van der Waals surface area contributed by atoms with Crippen LogP contribution in [-0.4, -0.2) is 55.0 Å². The lowest BCUT2D eigenvalue weighted by Gasteiger charge is -2.49. The number of likely N-dealkylation sites (N-methyl/N-ethyl adjacent to an activating group) is 2. The summed E-state index contributed by atoms with van der Waals surface area (Å²) in [5.74, 6) is 0.718. The van der Waals surface area contributed by atoms with Gasteiger partial charge in [-0.2, -0.15) is 0 Å². The zero-order valence-corrected chi connectivity index (χ0v) is 10.7. The Labute approximate surface area is 98.5 Å². The molecule has 2 rings (SSSR count). The first-order valence-electron chi connectivity index (χ1n) is 6.25. The third-order valence-electron chi connectivity index (χ3n) is 4.02. The number of hydrogen-bond donors (Lipinski definition) is 1. The van der Waals surface area contributed by atoms with E-state index in [1.807, 2.05) is 0 Å². The first-order chi connectivity index (χ1) is 7.53. The first kappa shape index (κ1) is 11.7. The van der Waals surface area contributed by atoms with Crippen LogP contribution in [0.25, 0.3) is 0 Å². The van der Waals surface area contributed by atoms with E-state index >= 15 is 0 Å². The Morgan fingerprint density at radius 3 is 2.31 bits per heavy atom. The highest BCUT2D eigenvalue weighted by atomic mass is 15.3.